The summed E-state index contributed by atoms with van der Waals surface area (Å²) in [5, 5.41) is 12.0. The Hall–Kier alpha value is -0.980. The van der Waals surface area contributed by atoms with Gasteiger partial charge in [-0.2, -0.15) is 0 Å². The molecule has 0 amide bonds. The zero-order valence-corrected chi connectivity index (χ0v) is 12.5. The van der Waals surface area contributed by atoms with Gasteiger partial charge in [-0.25, -0.2) is 0 Å². The molecule has 0 unspecified atom stereocenters. The van der Waals surface area contributed by atoms with Gasteiger partial charge in [-0.3, -0.25) is 10.1 Å². The number of ether oxygens (including phenoxy) is 1. The third kappa shape index (κ3) is 3.52. The summed E-state index contributed by atoms with van der Waals surface area (Å²) in [6.07, 6.45) is 1.68. The predicted octanol–water partition coefficient (Wildman–Crippen LogP) is 2.80. The van der Waals surface area contributed by atoms with E-state index >= 15 is 0 Å². The highest BCUT2D eigenvalue weighted by atomic mass is 79.9. The Balaban J connectivity index is 2.20. The van der Waals surface area contributed by atoms with Gasteiger partial charge in [-0.1, -0.05) is 28.6 Å². The van der Waals surface area contributed by atoms with Crippen LogP contribution in [0.1, 0.15) is 10.9 Å². The number of hydrogen-bond acceptors (Lipinski definition) is 4. The normalized spacial score (nSPS) is 22.2. The van der Waals surface area contributed by atoms with Crippen molar-refractivity contribution in [2.75, 3.05) is 12.4 Å². The summed E-state index contributed by atoms with van der Waals surface area (Å²) in [5.74, 6) is 0.477. The molecule has 4 nitrogen and oxygen atoms in total. The molecule has 2 rings (SSSR count). The minimum atomic E-state index is -0.821. The first kappa shape index (κ1) is 14.4. The third-order valence-electron chi connectivity index (χ3n) is 2.69. The van der Waals surface area contributed by atoms with Gasteiger partial charge in [0.1, 0.15) is 18.4 Å². The Kier molecular flexibility index (Phi) is 4.90. The number of thioether (sulfide) groups is 1. The van der Waals surface area contributed by atoms with Crippen molar-refractivity contribution in [3.63, 3.8) is 0 Å². The van der Waals surface area contributed by atoms with Gasteiger partial charge >= 0.3 is 5.97 Å². The fourth-order valence-corrected chi connectivity index (χ4v) is 3.42. The van der Waals surface area contributed by atoms with Crippen molar-refractivity contribution in [3.05, 3.63) is 40.9 Å². The van der Waals surface area contributed by atoms with Crippen LogP contribution in [0.4, 0.5) is 0 Å². The summed E-state index contributed by atoms with van der Waals surface area (Å²) in [6, 6.07) is 5.21. The molecule has 102 valence electrons. The van der Waals surface area contributed by atoms with Gasteiger partial charge in [0.15, 0.2) is 0 Å². The van der Waals surface area contributed by atoms with Gasteiger partial charge in [-0.15, -0.1) is 11.8 Å². The summed E-state index contributed by atoms with van der Waals surface area (Å²) in [5.41, 5.74) is 0.949. The van der Waals surface area contributed by atoms with Crippen LogP contribution in [0.5, 0.6) is 5.75 Å². The molecule has 0 saturated carbocycles. The molecule has 0 spiro atoms. The fraction of sp³-hybridized carbons (Fsp3) is 0.308. The van der Waals surface area contributed by atoms with E-state index in [0.717, 1.165) is 15.8 Å². The van der Waals surface area contributed by atoms with E-state index in [1.165, 1.54) is 0 Å². The van der Waals surface area contributed by atoms with E-state index in [0.29, 0.717) is 12.4 Å². The van der Waals surface area contributed by atoms with Gasteiger partial charge in [0, 0.05) is 15.8 Å². The maximum Gasteiger partial charge on any atom is 0.321 e. The van der Waals surface area contributed by atoms with Crippen molar-refractivity contribution in [1.29, 1.82) is 0 Å². The zero-order valence-electron chi connectivity index (χ0n) is 10.1. The highest BCUT2D eigenvalue weighted by molar-refractivity contribution is 9.10. The van der Waals surface area contributed by atoms with Crippen molar-refractivity contribution in [3.8, 4) is 5.75 Å². The Morgan fingerprint density at radius 2 is 2.47 bits per heavy atom. The number of hydrogen-bond donors (Lipinski definition) is 2. The number of rotatable bonds is 5. The topological polar surface area (TPSA) is 58.6 Å². The van der Waals surface area contributed by atoms with Gasteiger partial charge in [0.05, 0.1) is 5.37 Å². The monoisotopic (exact) mass is 343 g/mol. The lowest BCUT2D eigenvalue weighted by atomic mass is 10.2. The molecule has 0 aromatic heterocycles. The average molecular weight is 344 g/mol. The van der Waals surface area contributed by atoms with E-state index in [2.05, 4.69) is 27.8 Å². The number of aliphatic carboxylic acids is 1. The average Bonchev–Trinajstić information content (AvgIpc) is 2.87. The molecule has 1 aliphatic heterocycles. The van der Waals surface area contributed by atoms with E-state index in [-0.39, 0.29) is 5.37 Å². The minimum absolute atomic E-state index is 0.0709. The number of carboxylic acid groups (broad SMARTS) is 1. The van der Waals surface area contributed by atoms with E-state index in [4.69, 9.17) is 9.84 Å². The molecule has 6 heteroatoms. The Bertz CT molecular complexity index is 495. The lowest BCUT2D eigenvalue weighted by Gasteiger charge is -2.16. The number of nitrogens with one attached hydrogen (secondary N) is 1. The first-order valence-corrected chi connectivity index (χ1v) is 7.59. The summed E-state index contributed by atoms with van der Waals surface area (Å²) in [6.45, 7) is 4.05. The van der Waals surface area contributed by atoms with Crippen molar-refractivity contribution >= 4 is 33.7 Å². The highest BCUT2D eigenvalue weighted by Gasteiger charge is 2.31. The lowest BCUT2D eigenvalue weighted by Crippen LogP contribution is -2.33. The largest absolute Gasteiger partial charge is 0.489 e. The Morgan fingerprint density at radius 3 is 3.11 bits per heavy atom. The van der Waals surface area contributed by atoms with Gasteiger partial charge in [0.25, 0.3) is 0 Å². The molecule has 1 fully saturated rings. The lowest BCUT2D eigenvalue weighted by molar-refractivity contribution is -0.138. The molecule has 1 aromatic rings. The molecule has 0 radical (unpaired) electrons. The van der Waals surface area contributed by atoms with Gasteiger partial charge < -0.3 is 9.84 Å². The molecule has 1 aliphatic rings. The molecule has 1 aromatic carbocycles. The van der Waals surface area contributed by atoms with Crippen LogP contribution in [0.2, 0.25) is 0 Å². The number of carboxylic acids is 1. The summed E-state index contributed by atoms with van der Waals surface area (Å²) >= 11 is 5.00. The molecule has 1 heterocycles. The second-order valence-electron chi connectivity index (χ2n) is 4.05. The standard InChI is InChI=1S/C13H14BrNO3S/c1-2-5-18-11-4-3-8(14)6-9(11)12-15-10(7-19-12)13(16)17/h2-4,6,10,12,15H,1,5,7H2,(H,16,17)/t10-,12-/m0/s1. The second-order valence-corrected chi connectivity index (χ2v) is 6.11. The maximum atomic E-state index is 11.0. The summed E-state index contributed by atoms with van der Waals surface area (Å²) in [4.78, 5) is 11.0. The van der Waals surface area contributed by atoms with E-state index in [9.17, 15) is 4.79 Å². The second kappa shape index (κ2) is 6.45. The molecule has 1 saturated heterocycles. The number of carbonyl (C=O) groups is 1. The van der Waals surface area contributed by atoms with E-state index in [1.807, 2.05) is 18.2 Å². The van der Waals surface area contributed by atoms with Crippen LogP contribution in [0.3, 0.4) is 0 Å². The van der Waals surface area contributed by atoms with Crippen molar-refractivity contribution in [1.82, 2.24) is 5.32 Å². The molecule has 0 bridgehead atoms. The highest BCUT2D eigenvalue weighted by Crippen LogP contribution is 2.39. The van der Waals surface area contributed by atoms with Crippen molar-refractivity contribution in [2.45, 2.75) is 11.4 Å². The van der Waals surface area contributed by atoms with Gasteiger partial charge in [0.2, 0.25) is 0 Å². The quantitative estimate of drug-likeness (QED) is 0.805. The van der Waals surface area contributed by atoms with Crippen LogP contribution in [0, 0.1) is 0 Å². The van der Waals surface area contributed by atoms with Crippen LogP contribution >= 0.6 is 27.7 Å². The molecule has 2 atom stereocenters. The van der Waals surface area contributed by atoms with Crippen LogP contribution in [-0.4, -0.2) is 29.5 Å². The molecular formula is C13H14BrNO3S. The van der Waals surface area contributed by atoms with Crippen LogP contribution in [-0.2, 0) is 4.79 Å². The fourth-order valence-electron chi connectivity index (χ4n) is 1.80. The SMILES string of the molecule is C=CCOc1ccc(Br)cc1[C@H]1N[C@H](C(=O)O)CS1. The summed E-state index contributed by atoms with van der Waals surface area (Å²) < 4.78 is 6.55. The summed E-state index contributed by atoms with van der Waals surface area (Å²) in [7, 11) is 0. The molecule has 2 N–H and O–H groups in total. The van der Waals surface area contributed by atoms with Gasteiger partial charge in [-0.05, 0) is 18.2 Å². The van der Waals surface area contributed by atoms with Crippen molar-refractivity contribution < 1.29 is 14.6 Å². The Labute approximate surface area is 124 Å². The predicted molar refractivity (Wildman–Crippen MR) is 79.6 cm³/mol. The Morgan fingerprint density at radius 1 is 1.68 bits per heavy atom. The van der Waals surface area contributed by atoms with E-state index < -0.39 is 12.0 Å². The minimum Gasteiger partial charge on any atom is -0.489 e. The third-order valence-corrected chi connectivity index (χ3v) is 4.43. The molecule has 0 aliphatic carbocycles. The number of halogens is 1. The molecule has 19 heavy (non-hydrogen) atoms. The maximum absolute atomic E-state index is 11.0. The smallest absolute Gasteiger partial charge is 0.321 e. The van der Waals surface area contributed by atoms with E-state index in [1.54, 1.807) is 17.8 Å². The zero-order chi connectivity index (χ0) is 13.8. The van der Waals surface area contributed by atoms with Crippen LogP contribution < -0.4 is 10.1 Å². The number of benzene rings is 1. The van der Waals surface area contributed by atoms with Crippen LogP contribution in [0.15, 0.2) is 35.3 Å². The first-order valence-electron chi connectivity index (χ1n) is 5.75. The molecular weight excluding hydrogens is 330 g/mol. The van der Waals surface area contributed by atoms with Crippen molar-refractivity contribution in [2.24, 2.45) is 0 Å². The first-order chi connectivity index (χ1) is 9.11. The van der Waals surface area contributed by atoms with Crippen LogP contribution in [0.25, 0.3) is 0 Å².